The molecule has 0 radical (unpaired) electrons. The highest BCUT2D eigenvalue weighted by atomic mass is 79.9. The van der Waals surface area contributed by atoms with E-state index in [2.05, 4.69) is 42.2 Å². The second-order valence-corrected chi connectivity index (χ2v) is 5.28. The Kier molecular flexibility index (Phi) is 4.34. The Balaban J connectivity index is 1.97. The third-order valence-electron chi connectivity index (χ3n) is 2.17. The van der Waals surface area contributed by atoms with Crippen molar-refractivity contribution < 1.29 is 4.99 Å². The van der Waals surface area contributed by atoms with Crippen LogP contribution in [-0.4, -0.2) is 6.34 Å². The van der Waals surface area contributed by atoms with E-state index in [1.807, 2.05) is 54.9 Å². The van der Waals surface area contributed by atoms with E-state index in [0.717, 1.165) is 20.3 Å². The summed E-state index contributed by atoms with van der Waals surface area (Å²) < 4.78 is 2.15. The highest BCUT2D eigenvalue weighted by Crippen LogP contribution is 2.13. The predicted octanol–water partition coefficient (Wildman–Crippen LogP) is 3.06. The lowest BCUT2D eigenvalue weighted by Crippen LogP contribution is -2.62. The fourth-order valence-corrected chi connectivity index (χ4v) is 1.82. The third kappa shape index (κ3) is 3.98. The Labute approximate surface area is 117 Å². The van der Waals surface area contributed by atoms with E-state index >= 15 is 0 Å². The van der Waals surface area contributed by atoms with Crippen LogP contribution in [0.5, 0.6) is 0 Å². The van der Waals surface area contributed by atoms with Gasteiger partial charge in [-0.05, 0) is 48.5 Å². The monoisotopic (exact) mass is 353 g/mol. The second-order valence-electron chi connectivity index (χ2n) is 3.45. The summed E-state index contributed by atoms with van der Waals surface area (Å²) in [6, 6.07) is 16.0. The number of halogens is 2. The van der Waals surface area contributed by atoms with Crippen molar-refractivity contribution in [1.29, 1.82) is 0 Å². The highest BCUT2D eigenvalue weighted by Gasteiger charge is 1.94. The lowest BCUT2D eigenvalue weighted by molar-refractivity contribution is -0.347. The van der Waals surface area contributed by atoms with Gasteiger partial charge in [0.2, 0.25) is 6.34 Å². The van der Waals surface area contributed by atoms with Crippen LogP contribution in [0.3, 0.4) is 0 Å². The van der Waals surface area contributed by atoms with Crippen LogP contribution in [0.4, 0.5) is 11.4 Å². The van der Waals surface area contributed by atoms with Crippen molar-refractivity contribution in [2.24, 2.45) is 0 Å². The van der Waals surface area contributed by atoms with Gasteiger partial charge in [0.1, 0.15) is 11.4 Å². The van der Waals surface area contributed by atoms with Gasteiger partial charge in [-0.2, -0.15) is 0 Å². The van der Waals surface area contributed by atoms with E-state index in [1.54, 1.807) is 0 Å². The molecular weight excluding hydrogens is 344 g/mol. The smallest absolute Gasteiger partial charge is 0.240 e. The van der Waals surface area contributed by atoms with E-state index in [9.17, 15) is 0 Å². The first-order valence-corrected chi connectivity index (χ1v) is 6.68. The first-order valence-electron chi connectivity index (χ1n) is 5.10. The lowest BCUT2D eigenvalue weighted by atomic mass is 10.3. The van der Waals surface area contributed by atoms with E-state index in [-0.39, 0.29) is 0 Å². The molecule has 2 rings (SSSR count). The van der Waals surface area contributed by atoms with Gasteiger partial charge < -0.3 is 0 Å². The summed E-state index contributed by atoms with van der Waals surface area (Å²) in [6.07, 6.45) is 1.81. The van der Waals surface area contributed by atoms with Gasteiger partial charge in [0.15, 0.2) is 0 Å². The Morgan fingerprint density at radius 1 is 0.824 bits per heavy atom. The molecule has 2 aromatic rings. The van der Waals surface area contributed by atoms with Gasteiger partial charge in [0, 0.05) is 8.95 Å². The van der Waals surface area contributed by atoms with E-state index in [0.29, 0.717) is 0 Å². The van der Waals surface area contributed by atoms with Crippen LogP contribution in [0, 0.1) is 0 Å². The number of rotatable bonds is 3. The quantitative estimate of drug-likeness (QED) is 0.643. The van der Waals surface area contributed by atoms with Gasteiger partial charge in [0.05, 0.1) is 0 Å². The minimum Gasteiger partial charge on any atom is -0.247 e. The van der Waals surface area contributed by atoms with Gasteiger partial charge in [0.25, 0.3) is 0 Å². The molecule has 0 heterocycles. The molecule has 2 N–H and O–H groups in total. The molecule has 0 saturated heterocycles. The molecule has 0 saturated carbocycles. The summed E-state index contributed by atoms with van der Waals surface area (Å²) in [5, 5.41) is 3.17. The average molecular weight is 355 g/mol. The summed E-state index contributed by atoms with van der Waals surface area (Å²) >= 11 is 6.80. The Hall–Kier alpha value is -1.13. The fraction of sp³-hybridized carbons (Fsp3) is 0. The molecule has 17 heavy (non-hydrogen) atoms. The van der Waals surface area contributed by atoms with Crippen molar-refractivity contribution in [2.75, 3.05) is 5.32 Å². The molecule has 0 aromatic heterocycles. The minimum atomic E-state index is 1.04. The topological polar surface area (TPSA) is 26.0 Å². The summed E-state index contributed by atoms with van der Waals surface area (Å²) in [4.78, 5) is 3.17. The zero-order valence-electron chi connectivity index (χ0n) is 8.95. The van der Waals surface area contributed by atoms with Crippen LogP contribution in [0.15, 0.2) is 57.5 Å². The van der Waals surface area contributed by atoms with Crippen LogP contribution in [0.2, 0.25) is 0 Å². The fourth-order valence-electron chi connectivity index (χ4n) is 1.29. The van der Waals surface area contributed by atoms with Crippen molar-refractivity contribution in [2.45, 2.75) is 0 Å². The summed E-state index contributed by atoms with van der Waals surface area (Å²) in [5.41, 5.74) is 2.08. The van der Waals surface area contributed by atoms with Crippen molar-refractivity contribution >= 4 is 49.6 Å². The molecule has 0 fully saturated rings. The number of hydrogen-bond donors (Lipinski definition) is 2. The summed E-state index contributed by atoms with van der Waals surface area (Å²) in [5.74, 6) is 0. The zero-order valence-corrected chi connectivity index (χ0v) is 12.1. The van der Waals surface area contributed by atoms with Crippen molar-refractivity contribution in [1.82, 2.24) is 0 Å². The first kappa shape index (κ1) is 12.3. The Morgan fingerprint density at radius 3 is 1.94 bits per heavy atom. The average Bonchev–Trinajstić information content (AvgIpc) is 2.34. The van der Waals surface area contributed by atoms with Gasteiger partial charge >= 0.3 is 0 Å². The molecule has 0 amide bonds. The Morgan fingerprint density at radius 2 is 1.35 bits per heavy atom. The third-order valence-corrected chi connectivity index (χ3v) is 3.22. The van der Waals surface area contributed by atoms with Crippen molar-refractivity contribution in [3.05, 3.63) is 57.5 Å². The van der Waals surface area contributed by atoms with Crippen LogP contribution in [0.25, 0.3) is 0 Å². The van der Waals surface area contributed by atoms with Crippen LogP contribution >= 0.6 is 31.9 Å². The van der Waals surface area contributed by atoms with Gasteiger partial charge in [-0.25, -0.2) is 10.3 Å². The highest BCUT2D eigenvalue weighted by molar-refractivity contribution is 9.10. The Bertz CT molecular complexity index is 504. The lowest BCUT2D eigenvalue weighted by Gasteiger charge is -1.94. The first-order chi connectivity index (χ1) is 8.24. The predicted molar refractivity (Wildman–Crippen MR) is 78.6 cm³/mol. The van der Waals surface area contributed by atoms with E-state index in [4.69, 9.17) is 0 Å². The summed E-state index contributed by atoms with van der Waals surface area (Å²) in [6.45, 7) is 0. The minimum absolute atomic E-state index is 1.04. The van der Waals surface area contributed by atoms with E-state index < -0.39 is 0 Å². The van der Waals surface area contributed by atoms with Crippen LogP contribution in [0.1, 0.15) is 0 Å². The molecule has 86 valence electrons. The molecule has 0 bridgehead atoms. The van der Waals surface area contributed by atoms with Gasteiger partial charge in [-0.15, -0.1) is 0 Å². The zero-order chi connectivity index (χ0) is 12.1. The van der Waals surface area contributed by atoms with Crippen LogP contribution in [-0.2, 0) is 0 Å². The molecule has 2 aromatic carbocycles. The second kappa shape index (κ2) is 5.98. The number of hydrogen-bond acceptors (Lipinski definition) is 0. The molecule has 0 aliphatic heterocycles. The summed E-state index contributed by atoms with van der Waals surface area (Å²) in [7, 11) is 0. The molecular formula is C13H11Br2N2+. The maximum atomic E-state index is 3.40. The van der Waals surface area contributed by atoms with Crippen molar-refractivity contribution in [3.8, 4) is 0 Å². The number of benzene rings is 2. The molecule has 0 aliphatic carbocycles. The van der Waals surface area contributed by atoms with Gasteiger partial charge in [-0.3, -0.25) is 0 Å². The number of anilines is 1. The molecule has 0 unspecified atom stereocenters. The van der Waals surface area contributed by atoms with Gasteiger partial charge in [-0.1, -0.05) is 31.9 Å². The van der Waals surface area contributed by atoms with Crippen LogP contribution < -0.4 is 10.3 Å². The largest absolute Gasteiger partial charge is 0.247 e. The maximum absolute atomic E-state index is 3.40. The number of nitrogens with one attached hydrogen (secondary N) is 2. The molecule has 2 nitrogen and oxygen atoms in total. The normalized spacial score (nSPS) is 10.7. The SMILES string of the molecule is Brc1ccc(NC=[NH+]c2ccc(Br)cc2)cc1. The molecule has 0 spiro atoms. The van der Waals surface area contributed by atoms with E-state index in [1.165, 1.54) is 0 Å². The van der Waals surface area contributed by atoms with Crippen molar-refractivity contribution in [3.63, 3.8) is 0 Å². The maximum Gasteiger partial charge on any atom is 0.240 e. The molecule has 4 heteroatoms. The molecule has 0 aliphatic rings. The molecule has 0 atom stereocenters. The standard InChI is InChI=1S/C13H10Br2N2/c14-10-1-5-12(6-2-10)16-9-17-13-7-3-11(15)4-8-13/h1-9H,(H,16,17)/p+1.